The minimum atomic E-state index is -4.63. The lowest BCUT2D eigenvalue weighted by Gasteiger charge is -2.35. The average Bonchev–Trinajstić information content (AvgIpc) is 2.89. The number of pyridine rings is 1. The van der Waals surface area contributed by atoms with Gasteiger partial charge in [0.25, 0.3) is 0 Å². The molecule has 2 fully saturated rings. The minimum Gasteiger partial charge on any atom is -0.384 e. The highest BCUT2D eigenvalue weighted by Crippen LogP contribution is 2.39. The van der Waals surface area contributed by atoms with Gasteiger partial charge in [-0.15, -0.1) is 0 Å². The zero-order valence-electron chi connectivity index (χ0n) is 19.2. The molecule has 36 heavy (non-hydrogen) atoms. The van der Waals surface area contributed by atoms with Crippen molar-refractivity contribution in [3.05, 3.63) is 58.7 Å². The van der Waals surface area contributed by atoms with E-state index < -0.39 is 11.7 Å². The second-order valence-corrected chi connectivity index (χ2v) is 8.90. The standard InChI is InChI=1S/C24H24ClF3N6O2/c25-18-4-2-1-3-15(18)20-14-34(7-10-36-20)22-12-19(31-23(32-22)33-5-8-35-9-6-33)16-13-30-21(29)11-17(16)24(26,27)28/h1-4,11-13,20H,5-10,14H2,(H2,29,30). The van der Waals surface area contributed by atoms with Gasteiger partial charge in [0.15, 0.2) is 0 Å². The molecule has 2 saturated heterocycles. The maximum atomic E-state index is 13.9. The number of halogens is 4. The fraction of sp³-hybridized carbons (Fsp3) is 0.375. The molecule has 4 heterocycles. The van der Waals surface area contributed by atoms with Gasteiger partial charge >= 0.3 is 6.18 Å². The van der Waals surface area contributed by atoms with E-state index in [1.165, 1.54) is 0 Å². The SMILES string of the molecule is Nc1cc(C(F)(F)F)c(-c2cc(N3CCOC(c4ccccc4Cl)C3)nc(N3CCOCC3)n2)cn1. The van der Waals surface area contributed by atoms with Crippen LogP contribution in [0.15, 0.2) is 42.6 Å². The lowest BCUT2D eigenvalue weighted by Crippen LogP contribution is -2.40. The molecule has 8 nitrogen and oxygen atoms in total. The number of nitrogen functional groups attached to an aromatic ring is 1. The number of morpholine rings is 2. The van der Waals surface area contributed by atoms with Crippen molar-refractivity contribution in [3.8, 4) is 11.3 Å². The number of anilines is 3. The zero-order valence-corrected chi connectivity index (χ0v) is 20.0. The molecule has 12 heteroatoms. The molecule has 3 aromatic rings. The molecule has 5 rings (SSSR count). The van der Waals surface area contributed by atoms with E-state index >= 15 is 0 Å². The van der Waals surface area contributed by atoms with Gasteiger partial charge in [-0.05, 0) is 12.1 Å². The number of nitrogens with two attached hydrogens (primary N) is 1. The topological polar surface area (TPSA) is 89.6 Å². The van der Waals surface area contributed by atoms with E-state index in [-0.39, 0.29) is 23.2 Å². The summed E-state index contributed by atoms with van der Waals surface area (Å²) in [6, 6.07) is 9.81. The van der Waals surface area contributed by atoms with Crippen molar-refractivity contribution >= 4 is 29.2 Å². The number of aromatic nitrogens is 3. The van der Waals surface area contributed by atoms with E-state index in [1.807, 2.05) is 28.0 Å². The van der Waals surface area contributed by atoms with Crippen molar-refractivity contribution in [2.45, 2.75) is 12.3 Å². The minimum absolute atomic E-state index is 0.113. The maximum Gasteiger partial charge on any atom is 0.417 e. The highest BCUT2D eigenvalue weighted by molar-refractivity contribution is 6.31. The van der Waals surface area contributed by atoms with Crippen LogP contribution in [0.25, 0.3) is 11.3 Å². The first-order chi connectivity index (χ1) is 17.3. The third-order valence-electron chi connectivity index (χ3n) is 6.14. The number of hydrogen-bond donors (Lipinski definition) is 1. The van der Waals surface area contributed by atoms with Gasteiger partial charge in [-0.25, -0.2) is 9.97 Å². The predicted molar refractivity (Wildman–Crippen MR) is 130 cm³/mol. The van der Waals surface area contributed by atoms with Gasteiger partial charge in [-0.3, -0.25) is 0 Å². The molecule has 0 spiro atoms. The molecule has 1 aromatic carbocycles. The summed E-state index contributed by atoms with van der Waals surface area (Å²) in [5.74, 6) is 0.604. The lowest BCUT2D eigenvalue weighted by atomic mass is 10.1. The number of hydrogen-bond acceptors (Lipinski definition) is 8. The van der Waals surface area contributed by atoms with E-state index in [4.69, 9.17) is 31.8 Å². The number of rotatable bonds is 4. The number of ether oxygens (including phenoxy) is 2. The fourth-order valence-corrected chi connectivity index (χ4v) is 4.58. The van der Waals surface area contributed by atoms with Crippen molar-refractivity contribution in [3.63, 3.8) is 0 Å². The normalized spacial score (nSPS) is 18.9. The van der Waals surface area contributed by atoms with Crippen LogP contribution in [0.1, 0.15) is 17.2 Å². The van der Waals surface area contributed by atoms with Crippen molar-refractivity contribution in [2.24, 2.45) is 0 Å². The van der Waals surface area contributed by atoms with E-state index in [2.05, 4.69) is 9.97 Å². The number of nitrogens with zero attached hydrogens (tertiary/aromatic N) is 5. The molecule has 0 radical (unpaired) electrons. The van der Waals surface area contributed by atoms with Gasteiger partial charge in [0.1, 0.15) is 17.7 Å². The summed E-state index contributed by atoms with van der Waals surface area (Å²) in [6.07, 6.45) is -3.84. The van der Waals surface area contributed by atoms with Gasteiger partial charge in [0.05, 0.1) is 31.1 Å². The summed E-state index contributed by atoms with van der Waals surface area (Å²) in [4.78, 5) is 17.0. The molecule has 190 valence electrons. The maximum absolute atomic E-state index is 13.9. The Balaban J connectivity index is 1.57. The van der Waals surface area contributed by atoms with Crippen LogP contribution >= 0.6 is 11.6 Å². The molecular weight excluding hydrogens is 497 g/mol. The molecule has 0 saturated carbocycles. The smallest absolute Gasteiger partial charge is 0.384 e. The number of benzene rings is 1. The molecule has 1 atom stereocenters. The second kappa shape index (κ2) is 10.1. The Kier molecular flexibility index (Phi) is 6.87. The van der Waals surface area contributed by atoms with Crippen LogP contribution in [0.3, 0.4) is 0 Å². The number of alkyl halides is 3. The fourth-order valence-electron chi connectivity index (χ4n) is 4.32. The van der Waals surface area contributed by atoms with Crippen molar-refractivity contribution in [1.82, 2.24) is 15.0 Å². The Morgan fingerprint density at radius 3 is 2.50 bits per heavy atom. The first-order valence-electron chi connectivity index (χ1n) is 11.5. The molecule has 2 aliphatic heterocycles. The van der Waals surface area contributed by atoms with Gasteiger partial charge in [0.2, 0.25) is 5.95 Å². The molecule has 2 aromatic heterocycles. The summed E-state index contributed by atoms with van der Waals surface area (Å²) >= 11 is 6.39. The van der Waals surface area contributed by atoms with Crippen molar-refractivity contribution in [2.75, 3.05) is 61.5 Å². The molecule has 0 amide bonds. The zero-order chi connectivity index (χ0) is 25.3. The summed E-state index contributed by atoms with van der Waals surface area (Å²) in [6.45, 7) is 3.35. The Labute approximate surface area is 210 Å². The average molecular weight is 521 g/mol. The van der Waals surface area contributed by atoms with Crippen LogP contribution in [-0.2, 0) is 15.7 Å². The molecular formula is C24H24ClF3N6O2. The lowest BCUT2D eigenvalue weighted by molar-refractivity contribution is -0.137. The summed E-state index contributed by atoms with van der Waals surface area (Å²) < 4.78 is 53.1. The molecule has 1 unspecified atom stereocenters. The second-order valence-electron chi connectivity index (χ2n) is 8.49. The van der Waals surface area contributed by atoms with Crippen LogP contribution in [0.5, 0.6) is 0 Å². The van der Waals surface area contributed by atoms with Crippen LogP contribution < -0.4 is 15.5 Å². The third-order valence-corrected chi connectivity index (χ3v) is 6.49. The monoisotopic (exact) mass is 520 g/mol. The highest BCUT2D eigenvalue weighted by atomic mass is 35.5. The Morgan fingerprint density at radius 2 is 1.75 bits per heavy atom. The van der Waals surface area contributed by atoms with Gasteiger partial charge in [-0.2, -0.15) is 18.2 Å². The van der Waals surface area contributed by atoms with Crippen LogP contribution in [-0.4, -0.2) is 61.0 Å². The van der Waals surface area contributed by atoms with Gasteiger partial charge < -0.3 is 25.0 Å². The summed E-state index contributed by atoms with van der Waals surface area (Å²) in [5, 5.41) is 0.588. The third kappa shape index (κ3) is 5.18. The van der Waals surface area contributed by atoms with Crippen LogP contribution in [0.4, 0.5) is 30.8 Å². The molecule has 2 aliphatic rings. The van der Waals surface area contributed by atoms with E-state index in [1.54, 1.807) is 12.1 Å². The summed E-state index contributed by atoms with van der Waals surface area (Å²) in [5.41, 5.74) is 5.47. The first kappa shape index (κ1) is 24.5. The molecule has 0 bridgehead atoms. The van der Waals surface area contributed by atoms with E-state index in [0.29, 0.717) is 62.8 Å². The van der Waals surface area contributed by atoms with E-state index in [0.717, 1.165) is 17.8 Å². The van der Waals surface area contributed by atoms with Crippen LogP contribution in [0.2, 0.25) is 5.02 Å². The van der Waals surface area contributed by atoms with Gasteiger partial charge in [-0.1, -0.05) is 29.8 Å². The molecule has 2 N–H and O–H groups in total. The Bertz CT molecular complexity index is 1240. The highest BCUT2D eigenvalue weighted by Gasteiger charge is 2.35. The largest absolute Gasteiger partial charge is 0.417 e. The van der Waals surface area contributed by atoms with Crippen molar-refractivity contribution < 1.29 is 22.6 Å². The predicted octanol–water partition coefficient (Wildman–Crippen LogP) is 4.21. The Hall–Kier alpha value is -3.15. The first-order valence-corrected chi connectivity index (χ1v) is 11.8. The van der Waals surface area contributed by atoms with Crippen molar-refractivity contribution in [1.29, 1.82) is 0 Å². The van der Waals surface area contributed by atoms with E-state index in [9.17, 15) is 13.2 Å². The summed E-state index contributed by atoms with van der Waals surface area (Å²) in [7, 11) is 0. The van der Waals surface area contributed by atoms with Crippen LogP contribution in [0, 0.1) is 0 Å². The van der Waals surface area contributed by atoms with Gasteiger partial charge in [0, 0.05) is 54.6 Å². The molecule has 0 aliphatic carbocycles. The quantitative estimate of drug-likeness (QED) is 0.547. The Morgan fingerprint density at radius 1 is 1.00 bits per heavy atom.